The molecule has 0 saturated carbocycles. The second-order valence-electron chi connectivity index (χ2n) is 8.41. The molecule has 0 amide bonds. The number of rotatable bonds is 6. The van der Waals surface area contributed by atoms with E-state index in [1.165, 1.54) is 24.3 Å². The number of nitriles is 1. The van der Waals surface area contributed by atoms with Gasteiger partial charge in [-0.25, -0.2) is 14.6 Å². The summed E-state index contributed by atoms with van der Waals surface area (Å²) in [4.78, 5) is 30.9. The van der Waals surface area contributed by atoms with Crippen LogP contribution in [-0.4, -0.2) is 31.1 Å². The lowest BCUT2D eigenvalue weighted by Crippen LogP contribution is -2.40. The van der Waals surface area contributed by atoms with E-state index in [-0.39, 0.29) is 45.0 Å². The van der Waals surface area contributed by atoms with E-state index in [9.17, 15) is 28.0 Å². The molecule has 0 bridgehead atoms. The third-order valence-electron chi connectivity index (χ3n) is 6.01. The molecular weight excluding hydrogens is 565 g/mol. The molecule has 2 aromatic carbocycles. The van der Waals surface area contributed by atoms with E-state index in [1.54, 1.807) is 30.3 Å². The predicted molar refractivity (Wildman–Crippen MR) is 140 cm³/mol. The zero-order valence-electron chi connectivity index (χ0n) is 21.4. The van der Waals surface area contributed by atoms with Crippen LogP contribution in [0.25, 0.3) is 0 Å². The Kier molecular flexibility index (Phi) is 8.21. The van der Waals surface area contributed by atoms with Crippen LogP contribution in [0.15, 0.2) is 89.4 Å². The molecule has 4 rings (SSSR count). The molecule has 13 heteroatoms. The number of alkyl halides is 3. The number of hydrogen-bond donors (Lipinski definition) is 1. The minimum atomic E-state index is -4.69. The van der Waals surface area contributed by atoms with E-state index in [4.69, 9.17) is 31.5 Å². The van der Waals surface area contributed by atoms with Crippen molar-refractivity contribution in [1.29, 1.82) is 5.26 Å². The van der Waals surface area contributed by atoms with Gasteiger partial charge in [-0.15, -0.1) is 0 Å². The maximum atomic E-state index is 13.2. The largest absolute Gasteiger partial charge is 0.466 e. The molecule has 0 saturated heterocycles. The van der Waals surface area contributed by atoms with Crippen LogP contribution >= 0.6 is 11.6 Å². The summed E-state index contributed by atoms with van der Waals surface area (Å²) >= 11 is 6.41. The molecule has 0 radical (unpaired) electrons. The summed E-state index contributed by atoms with van der Waals surface area (Å²) in [5, 5.41) is 10.0. The average molecular weight is 585 g/mol. The quantitative estimate of drug-likeness (QED) is 0.376. The van der Waals surface area contributed by atoms with E-state index in [0.717, 1.165) is 31.3 Å². The third-order valence-corrected chi connectivity index (χ3v) is 6.31. The van der Waals surface area contributed by atoms with Crippen molar-refractivity contribution in [2.45, 2.75) is 12.1 Å². The molecule has 1 aliphatic heterocycles. The van der Waals surface area contributed by atoms with Crippen molar-refractivity contribution >= 4 is 29.2 Å². The smallest absolute Gasteiger partial charge is 0.433 e. The molecule has 0 fully saturated rings. The van der Waals surface area contributed by atoms with Crippen LogP contribution < -0.4 is 15.4 Å². The number of ether oxygens (including phenoxy) is 3. The van der Waals surface area contributed by atoms with Gasteiger partial charge in [0.05, 0.1) is 42.4 Å². The minimum Gasteiger partial charge on any atom is -0.466 e. The van der Waals surface area contributed by atoms with Gasteiger partial charge in [0.1, 0.15) is 23.0 Å². The van der Waals surface area contributed by atoms with Gasteiger partial charge in [-0.05, 0) is 29.8 Å². The summed E-state index contributed by atoms with van der Waals surface area (Å²) in [6, 6.07) is 17.6. The molecule has 3 aromatic rings. The Hall–Kier alpha value is -5.02. The zero-order valence-corrected chi connectivity index (χ0v) is 22.2. The number of esters is 2. The van der Waals surface area contributed by atoms with Gasteiger partial charge in [0.25, 0.3) is 0 Å². The van der Waals surface area contributed by atoms with Gasteiger partial charge in [0, 0.05) is 11.8 Å². The molecule has 9 nitrogen and oxygen atoms in total. The minimum absolute atomic E-state index is 0.0612. The first-order valence-electron chi connectivity index (χ1n) is 11.7. The molecule has 210 valence electrons. The van der Waals surface area contributed by atoms with Gasteiger partial charge in [-0.2, -0.15) is 18.4 Å². The third kappa shape index (κ3) is 5.66. The summed E-state index contributed by atoms with van der Waals surface area (Å²) in [6.45, 7) is 0. The Morgan fingerprint density at radius 3 is 2.29 bits per heavy atom. The monoisotopic (exact) mass is 584 g/mol. The van der Waals surface area contributed by atoms with Crippen molar-refractivity contribution in [2.24, 2.45) is 5.73 Å². The van der Waals surface area contributed by atoms with Crippen LogP contribution in [0.5, 0.6) is 11.6 Å². The molecule has 1 aromatic heterocycles. The highest BCUT2D eigenvalue weighted by molar-refractivity contribution is 6.32. The molecule has 0 spiro atoms. The predicted octanol–water partition coefficient (Wildman–Crippen LogP) is 5.44. The van der Waals surface area contributed by atoms with Crippen LogP contribution in [0.3, 0.4) is 0 Å². The van der Waals surface area contributed by atoms with E-state index in [1.807, 2.05) is 6.07 Å². The van der Waals surface area contributed by atoms with Gasteiger partial charge in [0.2, 0.25) is 5.88 Å². The number of anilines is 1. The van der Waals surface area contributed by atoms with Gasteiger partial charge in [-0.3, -0.25) is 4.90 Å². The number of nitrogens with two attached hydrogens (primary N) is 1. The SMILES string of the molecule is COC(=O)C1=C(C(=O)OC)N(c2ccc(Oc3cccc(C(F)(F)F)n3)c(Cl)c2)C(N)=C(C#N)C1c1ccccc1. The number of methoxy groups -OCH3 is 2. The Labute approximate surface area is 236 Å². The number of pyridine rings is 1. The number of hydrogen-bond acceptors (Lipinski definition) is 9. The Morgan fingerprint density at radius 1 is 1.02 bits per heavy atom. The van der Waals surface area contributed by atoms with Gasteiger partial charge < -0.3 is 19.9 Å². The number of carbonyl (C=O) groups excluding carboxylic acids is 2. The molecule has 2 heterocycles. The van der Waals surface area contributed by atoms with E-state index >= 15 is 0 Å². The van der Waals surface area contributed by atoms with Crippen molar-refractivity contribution in [3.8, 4) is 17.7 Å². The number of nitrogens with zero attached hydrogens (tertiary/aromatic N) is 3. The van der Waals surface area contributed by atoms with Crippen molar-refractivity contribution in [2.75, 3.05) is 19.1 Å². The summed E-state index contributed by atoms with van der Waals surface area (Å²) in [7, 11) is 2.22. The number of benzene rings is 2. The first kappa shape index (κ1) is 29.0. The summed E-state index contributed by atoms with van der Waals surface area (Å²) in [6.07, 6.45) is -4.69. The van der Waals surface area contributed by atoms with Gasteiger partial charge >= 0.3 is 18.1 Å². The molecule has 41 heavy (non-hydrogen) atoms. The van der Waals surface area contributed by atoms with E-state index in [2.05, 4.69) is 4.98 Å². The standard InChI is InChI=1S/C28H20ClF3N4O5/c1-39-26(37)23-22(15-7-4-3-5-8-15)17(14-33)25(34)36(24(23)27(38)40-2)16-11-12-19(18(29)13-16)41-21-10-6-9-20(35-21)28(30,31)32/h3-13,22H,34H2,1-2H3. The van der Waals surface area contributed by atoms with Crippen LogP contribution in [0.4, 0.5) is 18.9 Å². The summed E-state index contributed by atoms with van der Waals surface area (Å²) < 4.78 is 54.6. The van der Waals surface area contributed by atoms with Gasteiger partial charge in [-0.1, -0.05) is 48.0 Å². The highest BCUT2D eigenvalue weighted by atomic mass is 35.5. The van der Waals surface area contributed by atoms with Crippen LogP contribution in [-0.2, 0) is 25.2 Å². The van der Waals surface area contributed by atoms with Crippen LogP contribution in [0.2, 0.25) is 5.02 Å². The van der Waals surface area contributed by atoms with E-state index in [0.29, 0.717) is 5.56 Å². The lowest BCUT2D eigenvalue weighted by atomic mass is 9.81. The van der Waals surface area contributed by atoms with Crippen molar-refractivity contribution in [3.05, 3.63) is 106 Å². The van der Waals surface area contributed by atoms with Crippen molar-refractivity contribution < 1.29 is 37.0 Å². The highest BCUT2D eigenvalue weighted by Crippen LogP contribution is 2.44. The second kappa shape index (κ2) is 11.6. The lowest BCUT2D eigenvalue weighted by molar-refractivity contribution is -0.141. The Morgan fingerprint density at radius 2 is 1.71 bits per heavy atom. The highest BCUT2D eigenvalue weighted by Gasteiger charge is 2.43. The molecule has 2 N–H and O–H groups in total. The molecule has 0 aliphatic carbocycles. The average Bonchev–Trinajstić information content (AvgIpc) is 2.96. The lowest BCUT2D eigenvalue weighted by Gasteiger charge is -2.36. The fraction of sp³-hybridized carbons (Fsp3) is 0.143. The number of carbonyl (C=O) groups is 2. The number of allylic oxidation sites excluding steroid dienone is 1. The summed E-state index contributed by atoms with van der Waals surface area (Å²) in [5.74, 6) is -3.57. The first-order valence-corrected chi connectivity index (χ1v) is 12.1. The van der Waals surface area contributed by atoms with Gasteiger partial charge in [0.15, 0.2) is 0 Å². The van der Waals surface area contributed by atoms with Crippen molar-refractivity contribution in [3.63, 3.8) is 0 Å². The van der Waals surface area contributed by atoms with E-state index < -0.39 is 29.7 Å². The topological polar surface area (TPSA) is 128 Å². The Balaban J connectivity index is 1.86. The number of aromatic nitrogens is 1. The van der Waals surface area contributed by atoms with Crippen LogP contribution in [0.1, 0.15) is 17.2 Å². The summed E-state index contributed by atoms with van der Waals surface area (Å²) in [5.41, 5.74) is 5.29. The Bertz CT molecular complexity index is 1620. The maximum absolute atomic E-state index is 13.2. The maximum Gasteiger partial charge on any atom is 0.433 e. The molecular formula is C28H20ClF3N4O5. The number of halogens is 4. The van der Waals surface area contributed by atoms with Crippen molar-refractivity contribution in [1.82, 2.24) is 4.98 Å². The molecule has 1 unspecified atom stereocenters. The zero-order chi connectivity index (χ0) is 29.9. The normalized spacial score (nSPS) is 15.3. The molecule has 1 aliphatic rings. The van der Waals surface area contributed by atoms with Crippen LogP contribution in [0, 0.1) is 11.3 Å². The second-order valence-corrected chi connectivity index (χ2v) is 8.82. The fourth-order valence-electron chi connectivity index (χ4n) is 4.24. The fourth-order valence-corrected chi connectivity index (χ4v) is 4.45. The molecule has 1 atom stereocenters. The first-order chi connectivity index (χ1) is 19.5.